The third-order valence-corrected chi connectivity index (χ3v) is 9.75. The summed E-state index contributed by atoms with van der Waals surface area (Å²) in [6.45, 7) is 3.82. The van der Waals surface area contributed by atoms with Crippen molar-refractivity contribution in [2.24, 2.45) is 5.41 Å². The fourth-order valence-corrected chi connectivity index (χ4v) is 6.75. The van der Waals surface area contributed by atoms with Gasteiger partial charge in [-0.25, -0.2) is 8.42 Å². The van der Waals surface area contributed by atoms with Crippen LogP contribution in [0.5, 0.6) is 0 Å². The highest BCUT2D eigenvalue weighted by Crippen LogP contribution is 2.42. The lowest BCUT2D eigenvalue weighted by Gasteiger charge is -2.38. The topological polar surface area (TPSA) is 86.8 Å². The van der Waals surface area contributed by atoms with E-state index in [0.717, 1.165) is 68.6 Å². The van der Waals surface area contributed by atoms with Crippen molar-refractivity contribution in [2.45, 2.75) is 49.6 Å². The van der Waals surface area contributed by atoms with Crippen molar-refractivity contribution < 1.29 is 18.0 Å². The molecule has 5 rings (SSSR count). The molecule has 42 heavy (non-hydrogen) atoms. The highest BCUT2D eigenvalue weighted by molar-refractivity contribution is 7.90. The predicted octanol–water partition coefficient (Wildman–Crippen LogP) is 4.82. The molecule has 3 aromatic rings. The van der Waals surface area contributed by atoms with Gasteiger partial charge in [0.2, 0.25) is 11.8 Å². The third kappa shape index (κ3) is 7.79. The first-order valence-electron chi connectivity index (χ1n) is 14.4. The van der Waals surface area contributed by atoms with E-state index < -0.39 is 9.84 Å². The summed E-state index contributed by atoms with van der Waals surface area (Å²) in [4.78, 5) is 31.0. The van der Waals surface area contributed by atoms with Gasteiger partial charge in [0, 0.05) is 25.9 Å². The molecule has 1 unspecified atom stereocenters. The molecule has 1 atom stereocenters. The molecule has 9 heteroatoms. The third-order valence-electron chi connectivity index (χ3n) is 8.62. The Morgan fingerprint density at radius 3 is 2.07 bits per heavy atom. The van der Waals surface area contributed by atoms with E-state index in [1.54, 1.807) is 24.3 Å². The van der Waals surface area contributed by atoms with Crippen molar-refractivity contribution in [3.8, 4) is 0 Å². The molecule has 1 N–H and O–H groups in total. The number of piperidine rings is 1. The molecule has 2 heterocycles. The van der Waals surface area contributed by atoms with Crippen LogP contribution < -0.4 is 5.32 Å². The summed E-state index contributed by atoms with van der Waals surface area (Å²) in [5.74, 6) is 0.241. The minimum absolute atomic E-state index is 0. The van der Waals surface area contributed by atoms with Gasteiger partial charge >= 0.3 is 0 Å². The maximum Gasteiger partial charge on any atom is 0.229 e. The zero-order valence-electron chi connectivity index (χ0n) is 24.1. The Balaban J connectivity index is 0.00000405. The normalized spacial score (nSPS) is 17.5. The molecule has 3 aromatic carbocycles. The van der Waals surface area contributed by atoms with E-state index in [2.05, 4.69) is 22.3 Å². The van der Waals surface area contributed by atoms with Gasteiger partial charge in [-0.3, -0.25) is 9.59 Å². The lowest BCUT2D eigenvalue weighted by molar-refractivity contribution is -0.139. The number of hydrogen-bond donors (Lipinski definition) is 1. The second-order valence-electron chi connectivity index (χ2n) is 11.5. The van der Waals surface area contributed by atoms with Gasteiger partial charge < -0.3 is 15.1 Å². The van der Waals surface area contributed by atoms with E-state index in [4.69, 9.17) is 0 Å². The highest BCUT2D eigenvalue weighted by atomic mass is 35.5. The quantitative estimate of drug-likeness (QED) is 0.356. The van der Waals surface area contributed by atoms with Crippen molar-refractivity contribution in [1.29, 1.82) is 0 Å². The number of benzene rings is 3. The predicted molar refractivity (Wildman–Crippen MR) is 167 cm³/mol. The van der Waals surface area contributed by atoms with Crippen molar-refractivity contribution in [3.05, 3.63) is 102 Å². The zero-order valence-corrected chi connectivity index (χ0v) is 25.7. The Morgan fingerprint density at radius 1 is 0.857 bits per heavy atom. The van der Waals surface area contributed by atoms with Crippen LogP contribution in [0.4, 0.5) is 0 Å². The van der Waals surface area contributed by atoms with Crippen molar-refractivity contribution in [3.63, 3.8) is 0 Å². The Kier molecular flexibility index (Phi) is 10.5. The molecular weight excluding hydrogens is 570 g/mol. The molecule has 1 spiro atoms. The molecule has 2 fully saturated rings. The number of carbonyl (C=O) groups excluding carboxylic acids is 2. The minimum atomic E-state index is -3.24. The number of rotatable bonds is 10. The van der Waals surface area contributed by atoms with Crippen LogP contribution in [0.2, 0.25) is 0 Å². The number of halogens is 1. The number of nitrogens with zero attached hydrogens (tertiary/aromatic N) is 2. The van der Waals surface area contributed by atoms with Crippen LogP contribution >= 0.6 is 12.4 Å². The molecule has 2 saturated heterocycles. The van der Waals surface area contributed by atoms with Crippen LogP contribution in [0.3, 0.4) is 0 Å². The van der Waals surface area contributed by atoms with E-state index in [9.17, 15) is 18.0 Å². The van der Waals surface area contributed by atoms with Crippen molar-refractivity contribution in [1.82, 2.24) is 15.1 Å². The lowest BCUT2D eigenvalue weighted by Crippen LogP contribution is -2.45. The standard InChI is InChI=1S/C33H39N3O4S.ClH/c1-41(39,40)29-14-12-27(13-15-29)25-36-23-19-33(32(36)38)17-21-35(22-18-33)20-16-30(28-10-6-3-7-11-28)34-31(37)24-26-8-4-2-5-9-26;/h2-15,30H,16-25H2,1H3,(H,34,37);1H. The summed E-state index contributed by atoms with van der Waals surface area (Å²) in [5, 5.41) is 3.26. The number of nitrogens with one attached hydrogen (secondary N) is 1. The molecule has 2 aliphatic heterocycles. The Hall–Kier alpha value is -3.20. The number of carbonyl (C=O) groups is 2. The summed E-state index contributed by atoms with van der Waals surface area (Å²) in [5.41, 5.74) is 2.75. The smallest absolute Gasteiger partial charge is 0.229 e. The van der Waals surface area contributed by atoms with Gasteiger partial charge in [0.1, 0.15) is 0 Å². The van der Waals surface area contributed by atoms with Gasteiger partial charge in [0.05, 0.1) is 22.8 Å². The van der Waals surface area contributed by atoms with Crippen LogP contribution in [0.1, 0.15) is 48.4 Å². The largest absolute Gasteiger partial charge is 0.349 e. The van der Waals surface area contributed by atoms with E-state index >= 15 is 0 Å². The van der Waals surface area contributed by atoms with Crippen LogP contribution in [0.25, 0.3) is 0 Å². The van der Waals surface area contributed by atoms with Gasteiger partial charge in [0.15, 0.2) is 9.84 Å². The van der Waals surface area contributed by atoms with Gasteiger partial charge in [-0.1, -0.05) is 72.8 Å². The van der Waals surface area contributed by atoms with Gasteiger partial charge in [-0.05, 0) is 67.6 Å². The first-order valence-corrected chi connectivity index (χ1v) is 16.3. The average Bonchev–Trinajstić information content (AvgIpc) is 3.26. The average molecular weight is 610 g/mol. The Morgan fingerprint density at radius 2 is 1.45 bits per heavy atom. The Labute approximate surface area is 255 Å². The molecule has 7 nitrogen and oxygen atoms in total. The van der Waals surface area contributed by atoms with Gasteiger partial charge in [0.25, 0.3) is 0 Å². The summed E-state index contributed by atoms with van der Waals surface area (Å²) < 4.78 is 23.5. The molecule has 0 aliphatic carbocycles. The number of hydrogen-bond acceptors (Lipinski definition) is 5. The Bertz CT molecular complexity index is 1440. The van der Waals surface area contributed by atoms with Crippen molar-refractivity contribution >= 4 is 34.1 Å². The molecule has 0 aromatic heterocycles. The summed E-state index contributed by atoms with van der Waals surface area (Å²) in [7, 11) is -3.24. The van der Waals surface area contributed by atoms with E-state index in [0.29, 0.717) is 17.9 Å². The molecular formula is C33H40ClN3O4S. The fraction of sp³-hybridized carbons (Fsp3) is 0.394. The lowest BCUT2D eigenvalue weighted by atomic mass is 9.77. The van der Waals surface area contributed by atoms with E-state index in [1.807, 2.05) is 53.4 Å². The molecule has 0 bridgehead atoms. The maximum absolute atomic E-state index is 13.5. The number of likely N-dealkylation sites (tertiary alicyclic amines) is 2. The number of sulfone groups is 1. The van der Waals surface area contributed by atoms with Crippen LogP contribution in [-0.2, 0) is 32.4 Å². The van der Waals surface area contributed by atoms with Crippen LogP contribution in [-0.4, -0.2) is 62.5 Å². The maximum atomic E-state index is 13.5. The summed E-state index contributed by atoms with van der Waals surface area (Å²) in [6, 6.07) is 26.7. The molecule has 2 amide bonds. The first kappa shape index (κ1) is 31.7. The minimum Gasteiger partial charge on any atom is -0.349 e. The molecule has 0 radical (unpaired) electrons. The SMILES string of the molecule is CS(=O)(=O)c1ccc(CN2CCC3(CCN(CCC(NC(=O)Cc4ccccc4)c4ccccc4)CC3)C2=O)cc1.Cl. The first-order chi connectivity index (χ1) is 19.7. The molecule has 0 saturated carbocycles. The van der Waals surface area contributed by atoms with Gasteiger partial charge in [-0.2, -0.15) is 0 Å². The monoisotopic (exact) mass is 609 g/mol. The second kappa shape index (κ2) is 13.8. The van der Waals surface area contributed by atoms with Gasteiger partial charge in [-0.15, -0.1) is 12.4 Å². The van der Waals surface area contributed by atoms with Crippen LogP contribution in [0, 0.1) is 5.41 Å². The number of amides is 2. The summed E-state index contributed by atoms with van der Waals surface area (Å²) in [6.07, 6.45) is 4.91. The van der Waals surface area contributed by atoms with Crippen molar-refractivity contribution in [2.75, 3.05) is 32.4 Å². The summed E-state index contributed by atoms with van der Waals surface area (Å²) >= 11 is 0. The fourth-order valence-electron chi connectivity index (χ4n) is 6.12. The highest BCUT2D eigenvalue weighted by Gasteiger charge is 2.47. The van der Waals surface area contributed by atoms with E-state index in [1.165, 1.54) is 6.26 Å². The zero-order chi connectivity index (χ0) is 28.9. The van der Waals surface area contributed by atoms with Crippen LogP contribution in [0.15, 0.2) is 89.8 Å². The molecule has 2 aliphatic rings. The van der Waals surface area contributed by atoms with E-state index in [-0.39, 0.29) is 35.7 Å². The second-order valence-corrected chi connectivity index (χ2v) is 13.5. The molecule has 224 valence electrons.